The van der Waals surface area contributed by atoms with Crippen molar-refractivity contribution in [2.75, 3.05) is 19.5 Å². The summed E-state index contributed by atoms with van der Waals surface area (Å²) in [6, 6.07) is 25.6. The molecular weight excluding hydrogens is 550 g/mol. The molecule has 0 radical (unpaired) electrons. The number of methoxy groups -OCH3 is 2. The van der Waals surface area contributed by atoms with Crippen LogP contribution in [-0.4, -0.2) is 36.7 Å². The van der Waals surface area contributed by atoms with E-state index in [0.717, 1.165) is 0 Å². The predicted molar refractivity (Wildman–Crippen MR) is 163 cm³/mol. The first-order valence-electron chi connectivity index (χ1n) is 13.0. The largest absolute Gasteiger partial charge is 0.497 e. The molecule has 4 rings (SSSR count). The van der Waals surface area contributed by atoms with Gasteiger partial charge in [0, 0.05) is 40.6 Å². The number of hydrogen-bond donors (Lipinski definition) is 2. The third-order valence-electron chi connectivity index (χ3n) is 6.23. The highest BCUT2D eigenvalue weighted by Gasteiger charge is 2.17. The van der Waals surface area contributed by atoms with Gasteiger partial charge in [0.15, 0.2) is 5.78 Å². The van der Waals surface area contributed by atoms with Gasteiger partial charge in [-0.25, -0.2) is 0 Å². The van der Waals surface area contributed by atoms with Gasteiger partial charge >= 0.3 is 0 Å². The van der Waals surface area contributed by atoms with E-state index in [0.29, 0.717) is 39.4 Å². The smallest absolute Gasteiger partial charge is 0.272 e. The molecule has 0 fully saturated rings. The number of nitrogens with one attached hydrogen (secondary N) is 2. The summed E-state index contributed by atoms with van der Waals surface area (Å²) in [5, 5.41) is 16.2. The van der Waals surface area contributed by atoms with Crippen LogP contribution in [0, 0.1) is 10.1 Å². The highest BCUT2D eigenvalue weighted by atomic mass is 16.6. The third kappa shape index (κ3) is 8.01. The number of rotatable bonds is 11. The number of anilines is 1. The monoisotopic (exact) mass is 577 g/mol. The molecule has 0 aromatic heterocycles. The molecule has 0 aliphatic carbocycles. The first-order valence-corrected chi connectivity index (χ1v) is 13.0. The number of hydrogen-bond acceptors (Lipinski definition) is 7. The Kier molecular flexibility index (Phi) is 9.78. The molecule has 216 valence electrons. The van der Waals surface area contributed by atoms with E-state index >= 15 is 0 Å². The van der Waals surface area contributed by atoms with Crippen molar-refractivity contribution in [1.82, 2.24) is 5.32 Å². The van der Waals surface area contributed by atoms with Crippen molar-refractivity contribution in [3.05, 3.63) is 141 Å². The molecule has 0 heterocycles. The highest BCUT2D eigenvalue weighted by Crippen LogP contribution is 2.26. The molecule has 4 aromatic carbocycles. The zero-order chi connectivity index (χ0) is 30.8. The standard InChI is InChI=1S/C33H27N3O7/c1-42-28-18-13-25(31(21-28)43-2)20-29(35-32(38)24-6-4-3-5-7-24)33(39)34-26-14-11-23(12-15-26)30(37)19-10-22-8-16-27(17-9-22)36(40)41/h3-21H,1-2H3,(H,34,39)(H,35,38)/b19-10+,29-20-. The van der Waals surface area contributed by atoms with Crippen molar-refractivity contribution >= 4 is 41.1 Å². The van der Waals surface area contributed by atoms with E-state index in [-0.39, 0.29) is 17.2 Å². The third-order valence-corrected chi connectivity index (χ3v) is 6.23. The van der Waals surface area contributed by atoms with Crippen LogP contribution in [0.1, 0.15) is 31.8 Å². The Hall–Kier alpha value is -6.03. The maximum absolute atomic E-state index is 13.4. The molecule has 43 heavy (non-hydrogen) atoms. The molecule has 0 aliphatic rings. The fourth-order valence-corrected chi connectivity index (χ4v) is 3.93. The van der Waals surface area contributed by atoms with Crippen LogP contribution in [0.4, 0.5) is 11.4 Å². The van der Waals surface area contributed by atoms with E-state index in [9.17, 15) is 24.5 Å². The number of carbonyl (C=O) groups excluding carboxylic acids is 3. The summed E-state index contributed by atoms with van der Waals surface area (Å²) in [4.78, 5) is 49.3. The normalized spacial score (nSPS) is 11.1. The van der Waals surface area contributed by atoms with E-state index < -0.39 is 16.7 Å². The van der Waals surface area contributed by atoms with Crippen LogP contribution >= 0.6 is 0 Å². The molecule has 2 amide bonds. The molecule has 0 aliphatic heterocycles. The number of carbonyl (C=O) groups is 3. The lowest BCUT2D eigenvalue weighted by molar-refractivity contribution is -0.384. The Morgan fingerprint density at radius 1 is 0.814 bits per heavy atom. The van der Waals surface area contributed by atoms with Gasteiger partial charge < -0.3 is 20.1 Å². The number of amides is 2. The van der Waals surface area contributed by atoms with Gasteiger partial charge in [-0.3, -0.25) is 24.5 Å². The summed E-state index contributed by atoms with van der Waals surface area (Å²) in [7, 11) is 3.01. The number of allylic oxidation sites excluding steroid dienone is 1. The molecule has 0 saturated carbocycles. The van der Waals surface area contributed by atoms with Gasteiger partial charge in [-0.15, -0.1) is 0 Å². The summed E-state index contributed by atoms with van der Waals surface area (Å²) in [6.07, 6.45) is 4.41. The van der Waals surface area contributed by atoms with Crippen LogP contribution in [0.3, 0.4) is 0 Å². The molecule has 0 atom stereocenters. The molecule has 4 aromatic rings. The number of non-ortho nitro benzene ring substituents is 1. The summed E-state index contributed by atoms with van der Waals surface area (Å²) in [5.41, 5.74) is 2.21. The summed E-state index contributed by atoms with van der Waals surface area (Å²) in [6.45, 7) is 0. The molecule has 0 bridgehead atoms. The molecule has 0 spiro atoms. The van der Waals surface area contributed by atoms with Gasteiger partial charge in [0.25, 0.3) is 17.5 Å². The number of nitro groups is 1. The summed E-state index contributed by atoms with van der Waals surface area (Å²) in [5.74, 6) is -0.373. The van der Waals surface area contributed by atoms with E-state index in [4.69, 9.17) is 9.47 Å². The zero-order valence-corrected chi connectivity index (χ0v) is 23.3. The average Bonchev–Trinajstić information content (AvgIpc) is 3.04. The van der Waals surface area contributed by atoms with Crippen molar-refractivity contribution in [3.63, 3.8) is 0 Å². The summed E-state index contributed by atoms with van der Waals surface area (Å²) >= 11 is 0. The first-order chi connectivity index (χ1) is 20.8. The Labute approximate surface area is 247 Å². The van der Waals surface area contributed by atoms with Crippen molar-refractivity contribution in [2.45, 2.75) is 0 Å². The Balaban J connectivity index is 1.52. The van der Waals surface area contributed by atoms with Crippen molar-refractivity contribution in [3.8, 4) is 11.5 Å². The van der Waals surface area contributed by atoms with E-state index in [2.05, 4.69) is 10.6 Å². The van der Waals surface area contributed by atoms with Gasteiger partial charge in [-0.05, 0) is 78.4 Å². The van der Waals surface area contributed by atoms with Gasteiger partial charge in [0.1, 0.15) is 17.2 Å². The molecular formula is C33H27N3O7. The highest BCUT2D eigenvalue weighted by molar-refractivity contribution is 6.11. The molecule has 10 heteroatoms. The molecule has 10 nitrogen and oxygen atoms in total. The van der Waals surface area contributed by atoms with Crippen LogP contribution in [-0.2, 0) is 4.79 Å². The summed E-state index contributed by atoms with van der Waals surface area (Å²) < 4.78 is 10.7. The SMILES string of the molecule is COc1ccc(/C=C(\NC(=O)c2ccccc2)C(=O)Nc2ccc(C(=O)/C=C/c3ccc([N+](=O)[O-])cc3)cc2)c(OC)c1. The lowest BCUT2D eigenvalue weighted by Crippen LogP contribution is -2.30. The lowest BCUT2D eigenvalue weighted by atomic mass is 10.1. The number of ketones is 1. The average molecular weight is 578 g/mol. The van der Waals surface area contributed by atoms with Gasteiger partial charge in [-0.1, -0.05) is 24.3 Å². The van der Waals surface area contributed by atoms with Crippen molar-refractivity contribution in [2.24, 2.45) is 0 Å². The maximum Gasteiger partial charge on any atom is 0.272 e. The van der Waals surface area contributed by atoms with Crippen LogP contribution in [0.25, 0.3) is 12.2 Å². The van der Waals surface area contributed by atoms with Gasteiger partial charge in [-0.2, -0.15) is 0 Å². The fraction of sp³-hybridized carbons (Fsp3) is 0.0606. The Morgan fingerprint density at radius 3 is 2.14 bits per heavy atom. The minimum Gasteiger partial charge on any atom is -0.497 e. The van der Waals surface area contributed by atoms with Crippen LogP contribution in [0.2, 0.25) is 0 Å². The minimum absolute atomic E-state index is 0.0384. The van der Waals surface area contributed by atoms with E-state index in [1.54, 1.807) is 91.0 Å². The van der Waals surface area contributed by atoms with Crippen molar-refractivity contribution < 1.29 is 28.8 Å². The van der Waals surface area contributed by atoms with Crippen LogP contribution in [0.5, 0.6) is 11.5 Å². The van der Waals surface area contributed by atoms with Crippen LogP contribution in [0.15, 0.2) is 109 Å². The second-order valence-corrected chi connectivity index (χ2v) is 9.06. The maximum atomic E-state index is 13.4. The minimum atomic E-state index is -0.598. The molecule has 0 saturated heterocycles. The second kappa shape index (κ2) is 14.0. The predicted octanol–water partition coefficient (Wildman–Crippen LogP) is 5.92. The topological polar surface area (TPSA) is 137 Å². The quantitative estimate of drug-likeness (QED) is 0.0977. The first kappa shape index (κ1) is 29.9. The number of ether oxygens (including phenoxy) is 2. The van der Waals surface area contributed by atoms with E-state index in [1.165, 1.54) is 38.5 Å². The van der Waals surface area contributed by atoms with Gasteiger partial charge in [0.05, 0.1) is 19.1 Å². The Morgan fingerprint density at radius 2 is 1.51 bits per heavy atom. The molecule has 0 unspecified atom stereocenters. The Bertz CT molecular complexity index is 1700. The second-order valence-electron chi connectivity index (χ2n) is 9.06. The number of nitrogens with zero attached hydrogens (tertiary/aromatic N) is 1. The molecule has 2 N–H and O–H groups in total. The zero-order valence-electron chi connectivity index (χ0n) is 23.3. The number of benzene rings is 4. The van der Waals surface area contributed by atoms with Crippen LogP contribution < -0.4 is 20.1 Å². The number of nitro benzene ring substituents is 1. The van der Waals surface area contributed by atoms with Crippen molar-refractivity contribution in [1.29, 1.82) is 0 Å². The fourth-order valence-electron chi connectivity index (χ4n) is 3.93. The van der Waals surface area contributed by atoms with E-state index in [1.807, 2.05) is 0 Å². The lowest BCUT2D eigenvalue weighted by Gasteiger charge is -2.13. The van der Waals surface area contributed by atoms with Gasteiger partial charge in [0.2, 0.25) is 0 Å².